The van der Waals surface area contributed by atoms with Gasteiger partial charge in [0.05, 0.1) is 52.9 Å². The van der Waals surface area contributed by atoms with Crippen LogP contribution in [0.15, 0.2) is 65.7 Å². The van der Waals surface area contributed by atoms with Gasteiger partial charge in [0, 0.05) is 5.56 Å². The third kappa shape index (κ3) is 6.41. The van der Waals surface area contributed by atoms with Crippen molar-refractivity contribution in [3.63, 3.8) is 0 Å². The molecule has 2 atom stereocenters. The van der Waals surface area contributed by atoms with Crippen LogP contribution in [0.2, 0.25) is 0 Å². The monoisotopic (exact) mass is 584 g/mol. The Hall–Kier alpha value is -5.43. The van der Waals surface area contributed by atoms with Gasteiger partial charge in [-0.25, -0.2) is 19.8 Å². The summed E-state index contributed by atoms with van der Waals surface area (Å²) in [5, 5.41) is 22.4. The fraction of sp³-hybridized carbons (Fsp3) is 0.233. The molecular formula is C30H32N8O5. The van der Waals surface area contributed by atoms with Gasteiger partial charge in [0.25, 0.3) is 5.91 Å². The number of nitrogens with one attached hydrogen (secondary N) is 2. The zero-order valence-corrected chi connectivity index (χ0v) is 23.6. The second-order valence-electron chi connectivity index (χ2n) is 10.1. The highest BCUT2D eigenvalue weighted by atomic mass is 16.5. The number of aromatic nitrogens is 4. The molecule has 222 valence electrons. The molecule has 43 heavy (non-hydrogen) atoms. The van der Waals surface area contributed by atoms with Crippen molar-refractivity contribution in [2.45, 2.75) is 32.4 Å². The number of hydrogen-bond donors (Lipinski definition) is 6. The number of benzene rings is 3. The molecule has 2 unspecified atom stereocenters. The molecular weight excluding hydrogens is 552 g/mol. The molecule has 13 heteroatoms. The molecule has 8 N–H and O–H groups in total. The van der Waals surface area contributed by atoms with Gasteiger partial charge in [0.2, 0.25) is 0 Å². The third-order valence-corrected chi connectivity index (χ3v) is 6.79. The highest BCUT2D eigenvalue weighted by molar-refractivity contribution is 5.97. The van der Waals surface area contributed by atoms with Crippen molar-refractivity contribution in [1.29, 1.82) is 0 Å². The van der Waals surface area contributed by atoms with Crippen molar-refractivity contribution in [1.82, 2.24) is 24.8 Å². The fourth-order valence-corrected chi connectivity index (χ4v) is 4.83. The van der Waals surface area contributed by atoms with Gasteiger partial charge < -0.3 is 41.3 Å². The SMILES string of the molecule is CC(O)Cn1c(C(C)c2nc3ccc(N=C(N)N)cc3[nH]2)nc2ccc(C(=O)NCCOc3ccccc3C(=O)O)cc21. The van der Waals surface area contributed by atoms with Crippen LogP contribution < -0.4 is 21.5 Å². The number of amides is 1. The first-order valence-corrected chi connectivity index (χ1v) is 13.6. The van der Waals surface area contributed by atoms with Gasteiger partial charge in [0.1, 0.15) is 29.6 Å². The van der Waals surface area contributed by atoms with E-state index in [1.165, 1.54) is 6.07 Å². The van der Waals surface area contributed by atoms with Crippen molar-refractivity contribution in [3.05, 3.63) is 83.4 Å². The quantitative estimate of drug-likeness (QED) is 0.0765. The molecule has 0 aliphatic heterocycles. The molecule has 0 saturated heterocycles. The molecule has 0 saturated carbocycles. The Morgan fingerprint density at radius 2 is 1.84 bits per heavy atom. The molecule has 0 fully saturated rings. The maximum absolute atomic E-state index is 13.0. The number of aliphatic hydroxyl groups excluding tert-OH is 1. The summed E-state index contributed by atoms with van der Waals surface area (Å²) in [6.07, 6.45) is -0.676. The second-order valence-corrected chi connectivity index (χ2v) is 10.1. The molecule has 0 bridgehead atoms. The van der Waals surface area contributed by atoms with E-state index >= 15 is 0 Å². The molecule has 0 radical (unpaired) electrons. The highest BCUT2D eigenvalue weighted by Crippen LogP contribution is 2.29. The number of hydrogen-bond acceptors (Lipinski definition) is 7. The normalized spacial score (nSPS) is 12.6. The van der Waals surface area contributed by atoms with E-state index < -0.39 is 12.1 Å². The van der Waals surface area contributed by atoms with Crippen LogP contribution in [-0.4, -0.2) is 66.8 Å². The molecule has 1 amide bonds. The van der Waals surface area contributed by atoms with Crippen molar-refractivity contribution >= 4 is 45.6 Å². The number of carboxylic acids is 1. The second kappa shape index (κ2) is 12.2. The third-order valence-electron chi connectivity index (χ3n) is 6.79. The largest absolute Gasteiger partial charge is 0.491 e. The van der Waals surface area contributed by atoms with Crippen LogP contribution in [0, 0.1) is 0 Å². The lowest BCUT2D eigenvalue weighted by atomic mass is 10.1. The maximum Gasteiger partial charge on any atom is 0.339 e. The van der Waals surface area contributed by atoms with Gasteiger partial charge in [-0.3, -0.25) is 4.79 Å². The van der Waals surface area contributed by atoms with Gasteiger partial charge in [-0.1, -0.05) is 12.1 Å². The lowest BCUT2D eigenvalue weighted by Gasteiger charge is -2.15. The van der Waals surface area contributed by atoms with E-state index in [1.807, 2.05) is 17.6 Å². The molecule has 5 aromatic rings. The zero-order valence-electron chi connectivity index (χ0n) is 23.6. The van der Waals surface area contributed by atoms with Crippen LogP contribution in [0.5, 0.6) is 5.75 Å². The number of aromatic amines is 1. The van der Waals surface area contributed by atoms with E-state index in [-0.39, 0.29) is 48.8 Å². The summed E-state index contributed by atoms with van der Waals surface area (Å²) < 4.78 is 7.47. The molecule has 13 nitrogen and oxygen atoms in total. The average molecular weight is 585 g/mol. The van der Waals surface area contributed by atoms with Crippen LogP contribution in [0.3, 0.4) is 0 Å². The number of rotatable bonds is 11. The number of fused-ring (bicyclic) bond motifs is 2. The van der Waals surface area contributed by atoms with Crippen LogP contribution >= 0.6 is 0 Å². The Labute approximate surface area is 246 Å². The van der Waals surface area contributed by atoms with E-state index in [0.29, 0.717) is 33.9 Å². The van der Waals surface area contributed by atoms with Gasteiger partial charge in [-0.2, -0.15) is 0 Å². The number of aromatic carboxylic acids is 1. The molecule has 5 rings (SSSR count). The summed E-state index contributed by atoms with van der Waals surface area (Å²) in [7, 11) is 0. The lowest BCUT2D eigenvalue weighted by Crippen LogP contribution is -2.28. The molecule has 2 aromatic heterocycles. The number of carbonyl (C=O) groups is 2. The van der Waals surface area contributed by atoms with Gasteiger partial charge >= 0.3 is 5.97 Å². The minimum Gasteiger partial charge on any atom is -0.491 e. The zero-order chi connectivity index (χ0) is 30.7. The highest BCUT2D eigenvalue weighted by Gasteiger charge is 2.23. The number of aliphatic hydroxyl groups is 1. The van der Waals surface area contributed by atoms with Crippen molar-refractivity contribution in [3.8, 4) is 5.75 Å². The lowest BCUT2D eigenvalue weighted by molar-refractivity contribution is 0.0691. The van der Waals surface area contributed by atoms with E-state index in [4.69, 9.17) is 26.2 Å². The average Bonchev–Trinajstić information content (AvgIpc) is 3.55. The summed E-state index contributed by atoms with van der Waals surface area (Å²) >= 11 is 0. The van der Waals surface area contributed by atoms with E-state index in [9.17, 15) is 19.8 Å². The molecule has 3 aromatic carbocycles. The van der Waals surface area contributed by atoms with Crippen LogP contribution in [0.1, 0.15) is 52.1 Å². The summed E-state index contributed by atoms with van der Waals surface area (Å²) in [6, 6.07) is 16.9. The topological polar surface area (TPSA) is 207 Å². The standard InChI is InChI=1S/C30H32N8O5/c1-16(39)15-38-24-13-18(28(40)33-11-12-43-25-6-4-3-5-20(25)29(41)42)7-9-22(24)37-27(38)17(2)26-35-21-10-8-19(34-30(31)32)14-23(21)36-26/h3-10,13-14,16-17,39H,11-12,15H2,1-2H3,(H,33,40)(H,35,36)(H,41,42)(H4,31,32,34). The number of para-hydroxylation sites is 1. The number of nitrogens with zero attached hydrogens (tertiary/aromatic N) is 4. The van der Waals surface area contributed by atoms with E-state index in [2.05, 4.69) is 15.3 Å². The summed E-state index contributed by atoms with van der Waals surface area (Å²) in [5.74, 6) is -0.176. The summed E-state index contributed by atoms with van der Waals surface area (Å²) in [4.78, 5) is 41.3. The first-order chi connectivity index (χ1) is 20.6. The summed E-state index contributed by atoms with van der Waals surface area (Å²) in [5.41, 5.74) is 14.9. The Bertz CT molecular complexity index is 1840. The number of imidazole rings is 2. The predicted molar refractivity (Wildman–Crippen MR) is 162 cm³/mol. The van der Waals surface area contributed by atoms with Crippen LogP contribution in [0.4, 0.5) is 5.69 Å². The minimum absolute atomic E-state index is 0.0396. The fourth-order valence-electron chi connectivity index (χ4n) is 4.83. The number of H-pyrrole nitrogens is 1. The Morgan fingerprint density at radius 3 is 2.58 bits per heavy atom. The van der Waals surface area contributed by atoms with Crippen LogP contribution in [0.25, 0.3) is 22.1 Å². The van der Waals surface area contributed by atoms with Crippen molar-refractivity contribution in [2.24, 2.45) is 16.5 Å². The number of guanidine groups is 1. The van der Waals surface area contributed by atoms with Crippen LogP contribution in [-0.2, 0) is 6.54 Å². The van der Waals surface area contributed by atoms with Gasteiger partial charge in [-0.05, 0) is 62.4 Å². The first kappa shape index (κ1) is 29.1. The predicted octanol–water partition coefficient (Wildman–Crippen LogP) is 2.86. The Balaban J connectivity index is 1.36. The number of aliphatic imine (C=N–C) groups is 1. The molecule has 2 heterocycles. The van der Waals surface area contributed by atoms with Gasteiger partial charge in [0.15, 0.2) is 5.96 Å². The van der Waals surface area contributed by atoms with E-state index in [1.54, 1.807) is 55.5 Å². The van der Waals surface area contributed by atoms with Crippen molar-refractivity contribution < 1.29 is 24.5 Å². The first-order valence-electron chi connectivity index (χ1n) is 13.6. The summed E-state index contributed by atoms with van der Waals surface area (Å²) in [6.45, 7) is 4.16. The molecule has 0 aliphatic carbocycles. The Kier molecular flexibility index (Phi) is 8.25. The van der Waals surface area contributed by atoms with Crippen molar-refractivity contribution in [2.75, 3.05) is 13.2 Å². The smallest absolute Gasteiger partial charge is 0.339 e. The minimum atomic E-state index is -1.09. The Morgan fingerprint density at radius 1 is 1.07 bits per heavy atom. The number of nitrogens with two attached hydrogens (primary N) is 2. The molecule has 0 aliphatic rings. The number of ether oxygens (including phenoxy) is 1. The molecule has 0 spiro atoms. The van der Waals surface area contributed by atoms with Gasteiger partial charge in [-0.15, -0.1) is 0 Å². The maximum atomic E-state index is 13.0. The number of carboxylic acid groups (broad SMARTS) is 1. The van der Waals surface area contributed by atoms with E-state index in [0.717, 1.165) is 11.0 Å². The number of carbonyl (C=O) groups excluding carboxylic acids is 1.